The molecule has 0 saturated heterocycles. The highest BCUT2D eigenvalue weighted by Crippen LogP contribution is 2.46. The van der Waals surface area contributed by atoms with Gasteiger partial charge in [0.05, 0.1) is 24.2 Å². The minimum atomic E-state index is -3.93. The number of hydrogen-bond acceptors (Lipinski definition) is 10. The van der Waals surface area contributed by atoms with Gasteiger partial charge in [0.25, 0.3) is 0 Å². The fourth-order valence-electron chi connectivity index (χ4n) is 8.02. The minimum absolute atomic E-state index is 0.0125. The number of carbonyl (C=O) groups is 2. The maximum absolute atomic E-state index is 14.1. The van der Waals surface area contributed by atoms with Crippen molar-refractivity contribution in [2.45, 2.75) is 137 Å². The number of aliphatic hydroxyl groups is 1. The van der Waals surface area contributed by atoms with Crippen molar-refractivity contribution in [3.63, 3.8) is 0 Å². The zero-order chi connectivity index (χ0) is 47.2. The average Bonchev–Trinajstić information content (AvgIpc) is 3.57. The van der Waals surface area contributed by atoms with Crippen molar-refractivity contribution >= 4 is 33.4 Å². The molecule has 1 aliphatic carbocycles. The third kappa shape index (κ3) is 13.3. The van der Waals surface area contributed by atoms with Crippen molar-refractivity contribution in [3.8, 4) is 21.9 Å². The maximum Gasteiger partial charge on any atom is 0.412 e. The van der Waals surface area contributed by atoms with Crippen LogP contribution in [0.5, 0.6) is 11.5 Å². The summed E-state index contributed by atoms with van der Waals surface area (Å²) in [6.45, 7) is 21.8. The molecule has 1 aliphatic rings. The molecule has 0 saturated carbocycles. The summed E-state index contributed by atoms with van der Waals surface area (Å²) in [7, 11) is -2.41. The number of methoxy groups -OCH3 is 1. The number of thiophene rings is 1. The number of hydrogen-bond donors (Lipinski definition) is 1. The number of esters is 1. The highest BCUT2D eigenvalue weighted by atomic mass is 32.2. The third-order valence-electron chi connectivity index (χ3n) is 11.1. The van der Waals surface area contributed by atoms with Gasteiger partial charge in [0.15, 0.2) is 0 Å². The number of sulfonamides is 1. The Morgan fingerprint density at radius 3 is 2.12 bits per heavy atom. The molecule has 13 heteroatoms. The molecule has 64 heavy (non-hydrogen) atoms. The number of carbonyl (C=O) groups excluding carboxylic acids is 2. The molecule has 3 aromatic carbocycles. The van der Waals surface area contributed by atoms with Gasteiger partial charge in [-0.05, 0) is 143 Å². The molecule has 1 aromatic heterocycles. The van der Waals surface area contributed by atoms with E-state index in [0.29, 0.717) is 30.1 Å². The first-order chi connectivity index (χ1) is 29.9. The summed E-state index contributed by atoms with van der Waals surface area (Å²) < 4.78 is 53.0. The second-order valence-electron chi connectivity index (χ2n) is 20.1. The lowest BCUT2D eigenvalue weighted by Crippen LogP contribution is -2.56. The molecular weight excluding hydrogens is 849 g/mol. The van der Waals surface area contributed by atoms with E-state index in [9.17, 15) is 23.1 Å². The zero-order valence-electron chi connectivity index (χ0n) is 39.9. The quantitative estimate of drug-likeness (QED) is 0.0721. The Morgan fingerprint density at radius 1 is 0.891 bits per heavy atom. The van der Waals surface area contributed by atoms with Crippen LogP contribution in [-0.4, -0.2) is 79.0 Å². The van der Waals surface area contributed by atoms with Crippen LogP contribution in [0.2, 0.25) is 0 Å². The molecule has 0 fully saturated rings. The van der Waals surface area contributed by atoms with E-state index in [1.807, 2.05) is 76.2 Å². The van der Waals surface area contributed by atoms with Crippen LogP contribution in [0.25, 0.3) is 10.4 Å². The van der Waals surface area contributed by atoms with Gasteiger partial charge in [0, 0.05) is 28.9 Å². The Morgan fingerprint density at radius 2 is 1.53 bits per heavy atom. The minimum Gasteiger partial charge on any atom is -0.497 e. The van der Waals surface area contributed by atoms with Gasteiger partial charge in [-0.2, -0.15) is 4.31 Å². The van der Waals surface area contributed by atoms with Crippen LogP contribution >= 0.6 is 11.3 Å². The van der Waals surface area contributed by atoms with Gasteiger partial charge in [-0.15, -0.1) is 11.3 Å². The van der Waals surface area contributed by atoms with E-state index in [2.05, 4.69) is 13.8 Å². The van der Waals surface area contributed by atoms with Crippen LogP contribution in [0, 0.1) is 17.3 Å². The molecule has 0 spiro atoms. The number of rotatable bonds is 19. The number of fused-ring (bicyclic) bond motifs is 1. The monoisotopic (exact) mass is 918 g/mol. The Bertz CT molecular complexity index is 2300. The molecule has 1 heterocycles. The lowest BCUT2D eigenvalue weighted by molar-refractivity contribution is -0.102. The van der Waals surface area contributed by atoms with Crippen molar-refractivity contribution in [1.82, 2.24) is 9.21 Å². The second kappa shape index (κ2) is 20.8. The molecule has 4 aromatic rings. The van der Waals surface area contributed by atoms with Crippen molar-refractivity contribution in [1.29, 1.82) is 0 Å². The molecule has 350 valence electrons. The van der Waals surface area contributed by atoms with Crippen LogP contribution in [-0.2, 0) is 45.4 Å². The maximum atomic E-state index is 14.1. The first kappa shape index (κ1) is 50.6. The standard InChI is InChI=1S/C51H70N2O9S2/c1-34(2)31-52(64(57,58)41-23-21-39(59-12)22-24-41)28-26-38(53(51(10,11)56)48(55)62-49(5,6)7)29-36-17-19-40(20-18-36)60-33-37-15-13-14-16-42(37)46-45(47(54)61-32-35(3)4)43-30-50(8,9)27-25-44(43)63-46/h13-24,34-35,38,56H,25-33H2,1-12H3/t38-/m1/s1. The van der Waals surface area contributed by atoms with E-state index in [4.69, 9.17) is 18.9 Å². The Labute approximate surface area is 386 Å². The van der Waals surface area contributed by atoms with Crippen LogP contribution in [0.15, 0.2) is 77.7 Å². The smallest absolute Gasteiger partial charge is 0.412 e. The number of ether oxygens (including phenoxy) is 4. The molecule has 0 aliphatic heterocycles. The Hall–Kier alpha value is -4.43. The Balaban J connectivity index is 1.41. The average molecular weight is 919 g/mol. The topological polar surface area (TPSA) is 132 Å². The van der Waals surface area contributed by atoms with Crippen molar-refractivity contribution < 1.29 is 42.1 Å². The van der Waals surface area contributed by atoms with Crippen molar-refractivity contribution in [2.75, 3.05) is 26.8 Å². The summed E-state index contributed by atoms with van der Waals surface area (Å²) in [6, 6.07) is 21.3. The molecule has 11 nitrogen and oxygen atoms in total. The number of nitrogens with zero attached hydrogens (tertiary/aromatic N) is 2. The number of amides is 1. The highest BCUT2D eigenvalue weighted by Gasteiger charge is 2.39. The van der Waals surface area contributed by atoms with E-state index in [-0.39, 0.29) is 54.2 Å². The van der Waals surface area contributed by atoms with Gasteiger partial charge < -0.3 is 24.1 Å². The second-order valence-corrected chi connectivity index (χ2v) is 23.1. The SMILES string of the molecule is COc1ccc(S(=O)(=O)N(CC[C@H](Cc2ccc(OCc3ccccc3-c3sc4c(c3C(=O)OCC(C)C)CC(C)(C)CC4)cc2)N(C(=O)OC(C)(C)C)C(C)(C)O)CC(C)C)cc1. The highest BCUT2D eigenvalue weighted by molar-refractivity contribution is 7.89. The fraction of sp³-hybridized carbons (Fsp3) is 0.529. The molecule has 5 rings (SSSR count). The van der Waals surface area contributed by atoms with E-state index in [0.717, 1.165) is 46.4 Å². The summed E-state index contributed by atoms with van der Waals surface area (Å²) in [5, 5.41) is 11.5. The molecule has 1 N–H and O–H groups in total. The van der Waals surface area contributed by atoms with Crippen LogP contribution in [0.3, 0.4) is 0 Å². The Kier molecular flexibility index (Phi) is 16.4. The van der Waals surface area contributed by atoms with Gasteiger partial charge in [-0.1, -0.05) is 77.9 Å². The lowest BCUT2D eigenvalue weighted by atomic mass is 9.76. The van der Waals surface area contributed by atoms with E-state index >= 15 is 0 Å². The number of benzene rings is 3. The molecule has 1 atom stereocenters. The molecule has 0 radical (unpaired) electrons. The first-order valence-electron chi connectivity index (χ1n) is 22.4. The third-order valence-corrected chi connectivity index (χ3v) is 14.3. The molecule has 0 unspecified atom stereocenters. The predicted octanol–water partition coefficient (Wildman–Crippen LogP) is 10.9. The van der Waals surface area contributed by atoms with E-state index in [1.54, 1.807) is 44.2 Å². The largest absolute Gasteiger partial charge is 0.497 e. The summed E-state index contributed by atoms with van der Waals surface area (Å²) in [6.07, 6.45) is 2.59. The van der Waals surface area contributed by atoms with Gasteiger partial charge in [-0.25, -0.2) is 18.0 Å². The lowest BCUT2D eigenvalue weighted by Gasteiger charge is -2.41. The summed E-state index contributed by atoms with van der Waals surface area (Å²) >= 11 is 1.69. The van der Waals surface area contributed by atoms with E-state index < -0.39 is 33.5 Å². The van der Waals surface area contributed by atoms with Gasteiger partial charge in [0.1, 0.15) is 29.4 Å². The van der Waals surface area contributed by atoms with Crippen LogP contribution in [0.4, 0.5) is 4.79 Å². The van der Waals surface area contributed by atoms with Crippen LogP contribution in [0.1, 0.15) is 121 Å². The first-order valence-corrected chi connectivity index (χ1v) is 24.6. The van der Waals surface area contributed by atoms with Crippen molar-refractivity contribution in [2.24, 2.45) is 17.3 Å². The molecule has 0 bridgehead atoms. The number of aryl methyl sites for hydroxylation is 1. The van der Waals surface area contributed by atoms with Gasteiger partial charge in [-0.3, -0.25) is 4.90 Å². The van der Waals surface area contributed by atoms with Gasteiger partial charge in [0.2, 0.25) is 10.0 Å². The molecule has 1 amide bonds. The predicted molar refractivity (Wildman–Crippen MR) is 255 cm³/mol. The van der Waals surface area contributed by atoms with Crippen molar-refractivity contribution in [3.05, 3.63) is 99.9 Å². The molecular formula is C51H70N2O9S2. The van der Waals surface area contributed by atoms with Gasteiger partial charge >= 0.3 is 12.1 Å². The normalized spacial score (nSPS) is 14.6. The summed E-state index contributed by atoms with van der Waals surface area (Å²) in [5.74, 6) is 1.13. The fourth-order valence-corrected chi connectivity index (χ4v) is 11.0. The van der Waals surface area contributed by atoms with E-state index in [1.165, 1.54) is 47.2 Å². The summed E-state index contributed by atoms with van der Waals surface area (Å²) in [5.41, 5.74) is 2.12. The zero-order valence-corrected chi connectivity index (χ0v) is 41.6. The van der Waals surface area contributed by atoms with Crippen LogP contribution < -0.4 is 9.47 Å². The summed E-state index contributed by atoms with van der Waals surface area (Å²) in [4.78, 5) is 31.3.